The van der Waals surface area contributed by atoms with Crippen molar-refractivity contribution in [3.05, 3.63) is 34.4 Å². The third kappa shape index (κ3) is 2.87. The predicted molar refractivity (Wildman–Crippen MR) is 83.7 cm³/mol. The van der Waals surface area contributed by atoms with E-state index in [0.717, 1.165) is 28.2 Å². The number of benzene rings is 1. The lowest BCUT2D eigenvalue weighted by atomic mass is 10.1. The van der Waals surface area contributed by atoms with Crippen LogP contribution in [0.4, 0.5) is 5.69 Å². The van der Waals surface area contributed by atoms with Crippen molar-refractivity contribution < 1.29 is 15.0 Å². The second-order valence-electron chi connectivity index (χ2n) is 5.32. The summed E-state index contributed by atoms with van der Waals surface area (Å²) in [6.45, 7) is 0. The van der Waals surface area contributed by atoms with Gasteiger partial charge in [-0.1, -0.05) is 15.9 Å². The molecule has 1 aliphatic rings. The van der Waals surface area contributed by atoms with Gasteiger partial charge in [0.25, 0.3) is 0 Å². The molecule has 1 saturated carbocycles. The molecule has 1 aromatic carbocycles. The highest BCUT2D eigenvalue weighted by atomic mass is 79.9. The number of anilines is 1. The molecule has 0 aliphatic heterocycles. The molecule has 1 aromatic heterocycles. The topological polar surface area (TPSA) is 82.5 Å². The summed E-state index contributed by atoms with van der Waals surface area (Å²) in [7, 11) is 0. The molecule has 1 fully saturated rings. The monoisotopic (exact) mass is 350 g/mol. The van der Waals surface area contributed by atoms with E-state index >= 15 is 0 Å². The van der Waals surface area contributed by atoms with E-state index in [4.69, 9.17) is 0 Å². The number of halogens is 1. The number of carbonyl (C=O) groups is 1. The summed E-state index contributed by atoms with van der Waals surface area (Å²) in [4.78, 5) is 15.7. The number of carboxylic acids is 1. The molecule has 1 unspecified atom stereocenters. The minimum atomic E-state index is -1.01. The van der Waals surface area contributed by atoms with Crippen LogP contribution in [0, 0.1) is 0 Å². The van der Waals surface area contributed by atoms with E-state index < -0.39 is 5.97 Å². The SMILES string of the molecule is O=C(O)c1cnc2ccc(Br)cc2c1NC1CC[C@@H](O)C1. The molecule has 1 heterocycles. The molecular weight excluding hydrogens is 336 g/mol. The van der Waals surface area contributed by atoms with Crippen molar-refractivity contribution in [3.63, 3.8) is 0 Å². The Morgan fingerprint density at radius 1 is 1.38 bits per heavy atom. The highest BCUT2D eigenvalue weighted by Crippen LogP contribution is 2.31. The molecule has 0 saturated heterocycles. The summed E-state index contributed by atoms with van der Waals surface area (Å²) >= 11 is 3.41. The van der Waals surface area contributed by atoms with Gasteiger partial charge in [0.1, 0.15) is 5.56 Å². The summed E-state index contributed by atoms with van der Waals surface area (Å²) in [6, 6.07) is 5.67. The van der Waals surface area contributed by atoms with Crippen LogP contribution in [0.1, 0.15) is 29.6 Å². The Morgan fingerprint density at radius 2 is 2.19 bits per heavy atom. The van der Waals surface area contributed by atoms with Gasteiger partial charge in [-0.3, -0.25) is 4.98 Å². The van der Waals surface area contributed by atoms with Crippen LogP contribution in [0.15, 0.2) is 28.9 Å². The molecule has 3 rings (SSSR count). The van der Waals surface area contributed by atoms with Gasteiger partial charge in [-0.25, -0.2) is 4.79 Å². The molecule has 0 bridgehead atoms. The van der Waals surface area contributed by atoms with Gasteiger partial charge in [0.15, 0.2) is 0 Å². The van der Waals surface area contributed by atoms with E-state index in [1.54, 1.807) is 0 Å². The molecule has 0 radical (unpaired) electrons. The number of carboxylic acid groups (broad SMARTS) is 1. The van der Waals surface area contributed by atoms with Crippen molar-refractivity contribution in [3.8, 4) is 0 Å². The molecule has 0 spiro atoms. The van der Waals surface area contributed by atoms with Gasteiger partial charge in [0, 0.05) is 22.1 Å². The third-order valence-electron chi connectivity index (χ3n) is 3.81. The Bertz CT molecular complexity index is 705. The number of nitrogens with one attached hydrogen (secondary N) is 1. The molecule has 3 N–H and O–H groups in total. The Balaban J connectivity index is 2.09. The Kier molecular flexibility index (Phi) is 3.82. The highest BCUT2D eigenvalue weighted by Gasteiger charge is 2.25. The fraction of sp³-hybridized carbons (Fsp3) is 0.333. The molecule has 6 heteroatoms. The quantitative estimate of drug-likeness (QED) is 0.792. The average Bonchev–Trinajstić information content (AvgIpc) is 2.84. The van der Waals surface area contributed by atoms with E-state index in [0.29, 0.717) is 12.1 Å². The maximum absolute atomic E-state index is 11.4. The first kappa shape index (κ1) is 14.3. The fourth-order valence-electron chi connectivity index (χ4n) is 2.78. The number of aromatic nitrogens is 1. The maximum Gasteiger partial charge on any atom is 0.339 e. The molecule has 0 amide bonds. The molecule has 1 aliphatic carbocycles. The van der Waals surface area contributed by atoms with E-state index in [1.807, 2.05) is 18.2 Å². The Labute approximate surface area is 130 Å². The smallest absolute Gasteiger partial charge is 0.339 e. The van der Waals surface area contributed by atoms with E-state index in [9.17, 15) is 15.0 Å². The van der Waals surface area contributed by atoms with Gasteiger partial charge in [-0.2, -0.15) is 0 Å². The van der Waals surface area contributed by atoms with E-state index in [2.05, 4.69) is 26.2 Å². The second-order valence-corrected chi connectivity index (χ2v) is 6.24. The lowest BCUT2D eigenvalue weighted by Crippen LogP contribution is -2.19. The van der Waals surface area contributed by atoms with Crippen molar-refractivity contribution >= 4 is 38.5 Å². The van der Waals surface area contributed by atoms with Gasteiger partial charge in [0.05, 0.1) is 17.3 Å². The summed E-state index contributed by atoms with van der Waals surface area (Å²) in [5.74, 6) is -1.01. The normalized spacial score (nSPS) is 21.6. The van der Waals surface area contributed by atoms with Gasteiger partial charge in [0.2, 0.25) is 0 Å². The fourth-order valence-corrected chi connectivity index (χ4v) is 3.14. The van der Waals surface area contributed by atoms with Crippen LogP contribution in [0.2, 0.25) is 0 Å². The third-order valence-corrected chi connectivity index (χ3v) is 4.31. The maximum atomic E-state index is 11.4. The second kappa shape index (κ2) is 5.61. The van der Waals surface area contributed by atoms with Crippen LogP contribution in [-0.4, -0.2) is 33.3 Å². The zero-order valence-electron chi connectivity index (χ0n) is 11.2. The van der Waals surface area contributed by atoms with Crippen molar-refractivity contribution in [2.24, 2.45) is 0 Å². The van der Waals surface area contributed by atoms with Crippen LogP contribution in [-0.2, 0) is 0 Å². The summed E-state index contributed by atoms with van der Waals surface area (Å²) < 4.78 is 0.869. The first-order valence-corrected chi connectivity index (χ1v) is 7.60. The Hall–Kier alpha value is -1.66. The number of rotatable bonds is 3. The van der Waals surface area contributed by atoms with Gasteiger partial charge >= 0.3 is 5.97 Å². The minimum Gasteiger partial charge on any atom is -0.478 e. The number of aliphatic hydroxyl groups excluding tert-OH is 1. The van der Waals surface area contributed by atoms with Gasteiger partial charge in [-0.05, 0) is 37.5 Å². The number of fused-ring (bicyclic) bond motifs is 1. The van der Waals surface area contributed by atoms with Crippen LogP contribution in [0.5, 0.6) is 0 Å². The summed E-state index contributed by atoms with van der Waals surface area (Å²) in [6.07, 6.45) is 3.28. The van der Waals surface area contributed by atoms with Gasteiger partial charge in [-0.15, -0.1) is 0 Å². The number of aromatic carboxylic acids is 1. The molecule has 21 heavy (non-hydrogen) atoms. The Morgan fingerprint density at radius 3 is 2.86 bits per heavy atom. The van der Waals surface area contributed by atoms with Crippen LogP contribution < -0.4 is 5.32 Å². The van der Waals surface area contributed by atoms with Gasteiger partial charge < -0.3 is 15.5 Å². The summed E-state index contributed by atoms with van der Waals surface area (Å²) in [5.41, 5.74) is 1.47. The number of aliphatic hydroxyl groups is 1. The predicted octanol–water partition coefficient (Wildman–Crippen LogP) is 3.02. The highest BCUT2D eigenvalue weighted by molar-refractivity contribution is 9.10. The van der Waals surface area contributed by atoms with Crippen LogP contribution in [0.25, 0.3) is 10.9 Å². The standard InChI is InChI=1S/C15H15BrN2O3/c16-8-1-4-13-11(5-8)14(12(7-17-13)15(20)21)18-9-2-3-10(19)6-9/h1,4-5,7,9-10,19H,2-3,6H2,(H,17,18)(H,20,21)/t9?,10-/m1/s1. The molecule has 5 nitrogen and oxygen atoms in total. The largest absolute Gasteiger partial charge is 0.478 e. The summed E-state index contributed by atoms with van der Waals surface area (Å²) in [5, 5.41) is 23.1. The number of nitrogens with zero attached hydrogens (tertiary/aromatic N) is 1. The zero-order chi connectivity index (χ0) is 15.0. The first-order chi connectivity index (χ1) is 10.0. The van der Waals surface area contributed by atoms with Crippen molar-refractivity contribution in [1.82, 2.24) is 4.98 Å². The van der Waals surface area contributed by atoms with Crippen molar-refractivity contribution in [1.29, 1.82) is 0 Å². The molecular formula is C15H15BrN2O3. The lowest BCUT2D eigenvalue weighted by Gasteiger charge is -2.18. The van der Waals surface area contributed by atoms with Crippen LogP contribution >= 0.6 is 15.9 Å². The average molecular weight is 351 g/mol. The minimum absolute atomic E-state index is 0.0858. The number of hydrogen-bond donors (Lipinski definition) is 3. The van der Waals surface area contributed by atoms with Crippen molar-refractivity contribution in [2.45, 2.75) is 31.4 Å². The van der Waals surface area contributed by atoms with E-state index in [-0.39, 0.29) is 17.7 Å². The molecule has 2 atom stereocenters. The molecule has 110 valence electrons. The first-order valence-electron chi connectivity index (χ1n) is 6.81. The number of pyridine rings is 1. The number of hydrogen-bond acceptors (Lipinski definition) is 4. The molecule has 2 aromatic rings. The van der Waals surface area contributed by atoms with Crippen LogP contribution in [0.3, 0.4) is 0 Å². The van der Waals surface area contributed by atoms with Crippen molar-refractivity contribution in [2.75, 3.05) is 5.32 Å². The zero-order valence-corrected chi connectivity index (χ0v) is 12.8. The van der Waals surface area contributed by atoms with E-state index in [1.165, 1.54) is 6.20 Å². The lowest BCUT2D eigenvalue weighted by molar-refractivity contribution is 0.0697.